The largest absolute Gasteiger partial charge is 0.375 e. The summed E-state index contributed by atoms with van der Waals surface area (Å²) in [6.07, 6.45) is 5.48. The molecule has 1 spiro atoms. The standard InChI is InChI=1S/C37H38Cl2FN7O2/c1-24-30(25(2)47(43-24)28-9-10-32(38)33(39)19-28)20-36(48)41-27-8-11-34(40)31(18-27)35-23-46(44-42-35)29-12-17-49-37(21-29)13-15-45(16-14-37)22-26-6-4-3-5-7-26/h3-11,18-19,23,29H,12-17,20-22H2,1-2H3,(H,41,48). The summed E-state index contributed by atoms with van der Waals surface area (Å²) in [5, 5.41) is 17.2. The Morgan fingerprint density at radius 2 is 1.84 bits per heavy atom. The van der Waals surface area contributed by atoms with E-state index in [4.69, 9.17) is 27.9 Å². The molecule has 5 aromatic rings. The molecule has 7 rings (SSSR count). The van der Waals surface area contributed by atoms with E-state index in [1.54, 1.807) is 28.9 Å². The van der Waals surface area contributed by atoms with Crippen molar-refractivity contribution >= 4 is 34.8 Å². The van der Waals surface area contributed by atoms with E-state index in [1.807, 2.05) is 36.9 Å². The summed E-state index contributed by atoms with van der Waals surface area (Å²) in [4.78, 5) is 15.7. The second-order valence-electron chi connectivity index (χ2n) is 13.1. The maximum atomic E-state index is 15.1. The fourth-order valence-electron chi connectivity index (χ4n) is 7.08. The highest BCUT2D eigenvalue weighted by molar-refractivity contribution is 6.42. The first-order chi connectivity index (χ1) is 23.7. The Balaban J connectivity index is 1.00. The lowest BCUT2D eigenvalue weighted by Gasteiger charge is -2.46. The summed E-state index contributed by atoms with van der Waals surface area (Å²) in [6.45, 7) is 7.32. The van der Waals surface area contributed by atoms with Crippen molar-refractivity contribution in [3.8, 4) is 16.9 Å². The predicted octanol–water partition coefficient (Wildman–Crippen LogP) is 7.76. The molecule has 2 aromatic heterocycles. The summed E-state index contributed by atoms with van der Waals surface area (Å²) in [5.41, 5.74) is 5.38. The highest BCUT2D eigenvalue weighted by Crippen LogP contribution is 2.40. The minimum Gasteiger partial charge on any atom is -0.375 e. The number of carbonyl (C=O) groups excluding carboxylic acids is 1. The lowest BCUT2D eigenvalue weighted by atomic mass is 9.82. The number of nitrogens with zero attached hydrogens (tertiary/aromatic N) is 6. The molecule has 49 heavy (non-hydrogen) atoms. The van der Waals surface area contributed by atoms with Gasteiger partial charge in [0.05, 0.1) is 45.7 Å². The molecule has 1 atom stereocenters. The zero-order chi connectivity index (χ0) is 34.1. The number of carbonyl (C=O) groups is 1. The van der Waals surface area contributed by atoms with Crippen LogP contribution in [-0.4, -0.2) is 60.9 Å². The number of amides is 1. The smallest absolute Gasteiger partial charge is 0.228 e. The lowest BCUT2D eigenvalue weighted by molar-refractivity contribution is -0.126. The lowest BCUT2D eigenvalue weighted by Crippen LogP contribution is -2.49. The van der Waals surface area contributed by atoms with Gasteiger partial charge in [0.25, 0.3) is 0 Å². The Labute approximate surface area is 295 Å². The minimum atomic E-state index is -0.436. The Hall–Kier alpha value is -4.09. The first-order valence-corrected chi connectivity index (χ1v) is 17.3. The number of piperidine rings is 1. The van der Waals surface area contributed by atoms with Gasteiger partial charge >= 0.3 is 0 Å². The summed E-state index contributed by atoms with van der Waals surface area (Å²) in [7, 11) is 0. The minimum absolute atomic E-state index is 0.0946. The molecule has 0 radical (unpaired) electrons. The molecule has 12 heteroatoms. The number of benzene rings is 3. The molecule has 1 N–H and O–H groups in total. The van der Waals surface area contributed by atoms with E-state index in [1.165, 1.54) is 11.6 Å². The molecule has 0 bridgehead atoms. The number of nitrogens with one attached hydrogen (secondary N) is 1. The van der Waals surface area contributed by atoms with Crippen LogP contribution in [0.4, 0.5) is 10.1 Å². The van der Waals surface area contributed by atoms with E-state index in [0.29, 0.717) is 28.0 Å². The fourth-order valence-corrected chi connectivity index (χ4v) is 7.37. The normalized spacial score (nSPS) is 17.8. The van der Waals surface area contributed by atoms with Crippen LogP contribution in [0.5, 0.6) is 0 Å². The molecule has 3 aromatic carbocycles. The molecule has 2 fully saturated rings. The Morgan fingerprint density at radius 3 is 2.61 bits per heavy atom. The van der Waals surface area contributed by atoms with Gasteiger partial charge in [0.2, 0.25) is 5.91 Å². The van der Waals surface area contributed by atoms with Crippen molar-refractivity contribution in [1.29, 1.82) is 0 Å². The van der Waals surface area contributed by atoms with Crippen LogP contribution in [0.25, 0.3) is 16.9 Å². The summed E-state index contributed by atoms with van der Waals surface area (Å²) in [5.74, 6) is -0.683. The van der Waals surface area contributed by atoms with Crippen LogP contribution in [0.2, 0.25) is 10.0 Å². The van der Waals surface area contributed by atoms with Gasteiger partial charge < -0.3 is 10.1 Å². The first kappa shape index (κ1) is 33.4. The van der Waals surface area contributed by atoms with Crippen molar-refractivity contribution < 1.29 is 13.9 Å². The quantitative estimate of drug-likeness (QED) is 0.178. The zero-order valence-corrected chi connectivity index (χ0v) is 29.0. The summed E-state index contributed by atoms with van der Waals surface area (Å²) >= 11 is 12.3. The monoisotopic (exact) mass is 701 g/mol. The van der Waals surface area contributed by atoms with E-state index in [9.17, 15) is 4.79 Å². The SMILES string of the molecule is Cc1nn(-c2ccc(Cl)c(Cl)c2)c(C)c1CC(=O)Nc1ccc(F)c(-c2cn(C3CCOC4(CCN(Cc5ccccc5)CC4)C3)nn2)c1. The van der Waals surface area contributed by atoms with Crippen molar-refractivity contribution in [2.75, 3.05) is 25.0 Å². The maximum Gasteiger partial charge on any atom is 0.228 e. The van der Waals surface area contributed by atoms with E-state index in [0.717, 1.165) is 68.0 Å². The van der Waals surface area contributed by atoms with Gasteiger partial charge in [-0.3, -0.25) is 9.69 Å². The van der Waals surface area contributed by atoms with E-state index < -0.39 is 5.82 Å². The van der Waals surface area contributed by atoms with Crippen LogP contribution in [0.3, 0.4) is 0 Å². The van der Waals surface area contributed by atoms with Gasteiger partial charge in [-0.15, -0.1) is 5.10 Å². The Morgan fingerprint density at radius 1 is 1.04 bits per heavy atom. The first-order valence-electron chi connectivity index (χ1n) is 16.6. The summed E-state index contributed by atoms with van der Waals surface area (Å²) < 4.78 is 25.2. The van der Waals surface area contributed by atoms with Crippen LogP contribution >= 0.6 is 23.2 Å². The second-order valence-corrected chi connectivity index (χ2v) is 13.9. The van der Waals surface area contributed by atoms with Crippen molar-refractivity contribution in [1.82, 2.24) is 29.7 Å². The van der Waals surface area contributed by atoms with Crippen LogP contribution in [0, 0.1) is 19.7 Å². The Bertz CT molecular complexity index is 1970. The zero-order valence-electron chi connectivity index (χ0n) is 27.5. The van der Waals surface area contributed by atoms with Gasteiger partial charge in [-0.25, -0.2) is 13.8 Å². The average molecular weight is 703 g/mol. The van der Waals surface area contributed by atoms with Crippen LogP contribution in [-0.2, 0) is 22.5 Å². The van der Waals surface area contributed by atoms with Crippen molar-refractivity contribution in [2.45, 2.75) is 64.1 Å². The average Bonchev–Trinajstić information content (AvgIpc) is 3.70. The summed E-state index contributed by atoms with van der Waals surface area (Å²) in [6, 6.07) is 20.4. The molecule has 0 aliphatic carbocycles. The van der Waals surface area contributed by atoms with Gasteiger partial charge in [-0.05, 0) is 81.5 Å². The molecule has 9 nitrogen and oxygen atoms in total. The molecule has 1 amide bonds. The number of aromatic nitrogens is 5. The predicted molar refractivity (Wildman–Crippen MR) is 189 cm³/mol. The van der Waals surface area contributed by atoms with Gasteiger partial charge in [-0.2, -0.15) is 5.10 Å². The van der Waals surface area contributed by atoms with E-state index >= 15 is 4.39 Å². The number of hydrogen-bond acceptors (Lipinski definition) is 6. The van der Waals surface area contributed by atoms with Crippen LogP contribution < -0.4 is 5.32 Å². The topological polar surface area (TPSA) is 90.1 Å². The van der Waals surface area contributed by atoms with E-state index in [-0.39, 0.29) is 29.5 Å². The number of rotatable bonds is 8. The third-order valence-corrected chi connectivity index (χ3v) is 10.6. The van der Waals surface area contributed by atoms with Crippen molar-refractivity contribution in [3.05, 3.63) is 111 Å². The van der Waals surface area contributed by atoms with Gasteiger partial charge in [0.15, 0.2) is 0 Å². The molecule has 4 heterocycles. The highest BCUT2D eigenvalue weighted by atomic mass is 35.5. The van der Waals surface area contributed by atoms with Crippen molar-refractivity contribution in [3.63, 3.8) is 0 Å². The number of ether oxygens (including phenoxy) is 1. The van der Waals surface area contributed by atoms with Crippen molar-refractivity contribution in [2.24, 2.45) is 0 Å². The number of halogens is 3. The van der Waals surface area contributed by atoms with Gasteiger partial charge in [-0.1, -0.05) is 58.7 Å². The van der Waals surface area contributed by atoms with Crippen LogP contribution in [0.1, 0.15) is 54.2 Å². The number of likely N-dealkylation sites (tertiary alicyclic amines) is 1. The highest BCUT2D eigenvalue weighted by Gasteiger charge is 2.41. The van der Waals surface area contributed by atoms with Gasteiger partial charge in [0, 0.05) is 48.7 Å². The molecular weight excluding hydrogens is 664 g/mol. The fraction of sp³-hybridized carbons (Fsp3) is 0.351. The molecule has 0 saturated carbocycles. The molecule has 2 saturated heterocycles. The number of hydrogen-bond donors (Lipinski definition) is 1. The van der Waals surface area contributed by atoms with Gasteiger partial charge in [0.1, 0.15) is 11.5 Å². The molecule has 254 valence electrons. The number of aryl methyl sites for hydroxylation is 1. The third kappa shape index (κ3) is 7.28. The molecular formula is C37H38Cl2FN7O2. The molecule has 1 unspecified atom stereocenters. The van der Waals surface area contributed by atoms with E-state index in [2.05, 4.69) is 49.9 Å². The number of anilines is 1. The molecule has 2 aliphatic heterocycles. The Kier molecular flexibility index (Phi) is 9.57. The third-order valence-electron chi connectivity index (χ3n) is 9.82. The maximum absolute atomic E-state index is 15.1. The second kappa shape index (κ2) is 14.0. The van der Waals surface area contributed by atoms with Crippen LogP contribution in [0.15, 0.2) is 72.9 Å². The molecule has 2 aliphatic rings.